The number of nitrogens with one attached hydrogen (secondary N) is 1. The topological polar surface area (TPSA) is 49.4 Å². The average Bonchev–Trinajstić information content (AvgIpc) is 2.89. The second-order valence-electron chi connectivity index (χ2n) is 4.93. The van der Waals surface area contributed by atoms with Gasteiger partial charge in [0, 0.05) is 29.7 Å². The molecule has 6 heteroatoms. The summed E-state index contributed by atoms with van der Waals surface area (Å²) in [7, 11) is 0. The van der Waals surface area contributed by atoms with Crippen molar-refractivity contribution in [3.05, 3.63) is 34.3 Å². The van der Waals surface area contributed by atoms with Crippen LogP contribution in [0.3, 0.4) is 0 Å². The zero-order valence-electron chi connectivity index (χ0n) is 12.0. The third-order valence-corrected chi connectivity index (χ3v) is 4.89. The number of rotatable bonds is 6. The molecule has 1 aliphatic rings. The third-order valence-electron chi connectivity index (χ3n) is 3.47. The van der Waals surface area contributed by atoms with Gasteiger partial charge >= 0.3 is 0 Å². The Morgan fingerprint density at radius 1 is 1.43 bits per heavy atom. The van der Waals surface area contributed by atoms with Crippen molar-refractivity contribution < 1.29 is 9.59 Å². The molecule has 21 heavy (non-hydrogen) atoms. The van der Waals surface area contributed by atoms with Gasteiger partial charge in [0.2, 0.25) is 5.91 Å². The summed E-state index contributed by atoms with van der Waals surface area (Å²) < 4.78 is 1.03. The Labute approximate surface area is 137 Å². The fraction of sp³-hybridized carbons (Fsp3) is 0.467. The zero-order chi connectivity index (χ0) is 15.2. The molecule has 0 aliphatic carbocycles. The Hall–Kier alpha value is -1.01. The molecule has 1 aromatic carbocycles. The predicted octanol–water partition coefficient (Wildman–Crippen LogP) is 3.58. The van der Waals surface area contributed by atoms with Crippen LogP contribution in [0.25, 0.3) is 0 Å². The van der Waals surface area contributed by atoms with Crippen LogP contribution >= 0.6 is 27.7 Å². The molecule has 0 saturated carbocycles. The van der Waals surface area contributed by atoms with Gasteiger partial charge in [0.25, 0.3) is 5.24 Å². The molecule has 0 spiro atoms. The van der Waals surface area contributed by atoms with Gasteiger partial charge in [0.05, 0.1) is 6.04 Å². The highest BCUT2D eigenvalue weighted by atomic mass is 79.9. The SMILES string of the molecule is CCC(NC(=O)CCN1CCSC1=O)c1ccc(Br)cc1. The summed E-state index contributed by atoms with van der Waals surface area (Å²) in [5.74, 6) is 0.825. The number of hydrogen-bond donors (Lipinski definition) is 1. The van der Waals surface area contributed by atoms with E-state index in [9.17, 15) is 9.59 Å². The summed E-state index contributed by atoms with van der Waals surface area (Å²) in [6, 6.07) is 8.00. The number of carbonyl (C=O) groups is 2. The van der Waals surface area contributed by atoms with Crippen LogP contribution in [-0.2, 0) is 4.79 Å². The molecule has 0 aromatic heterocycles. The molecule has 1 atom stereocenters. The predicted molar refractivity (Wildman–Crippen MR) is 89.4 cm³/mol. The molecule has 1 unspecified atom stereocenters. The Bertz CT molecular complexity index is 507. The van der Waals surface area contributed by atoms with E-state index in [0.717, 1.165) is 28.8 Å². The van der Waals surface area contributed by atoms with E-state index in [1.165, 1.54) is 11.8 Å². The fourth-order valence-electron chi connectivity index (χ4n) is 2.25. The standard InChI is InChI=1S/C15H19BrN2O2S/c1-2-13(11-3-5-12(16)6-4-11)17-14(19)7-8-18-9-10-21-15(18)20/h3-6,13H,2,7-10H2,1H3,(H,17,19). The minimum absolute atomic E-state index is 0.00512. The van der Waals surface area contributed by atoms with E-state index in [1.54, 1.807) is 4.90 Å². The van der Waals surface area contributed by atoms with Gasteiger partial charge in [-0.1, -0.05) is 46.7 Å². The number of benzene rings is 1. The van der Waals surface area contributed by atoms with Gasteiger partial charge in [0.1, 0.15) is 0 Å². The lowest BCUT2D eigenvalue weighted by atomic mass is 10.0. The Kier molecular flexibility index (Phi) is 6.11. The first-order valence-corrected chi connectivity index (χ1v) is 8.84. The van der Waals surface area contributed by atoms with Gasteiger partial charge in [-0.15, -0.1) is 0 Å². The molecule has 1 N–H and O–H groups in total. The van der Waals surface area contributed by atoms with Crippen molar-refractivity contribution in [3.63, 3.8) is 0 Å². The summed E-state index contributed by atoms with van der Waals surface area (Å²) in [5.41, 5.74) is 1.10. The largest absolute Gasteiger partial charge is 0.349 e. The molecule has 4 nitrogen and oxygen atoms in total. The van der Waals surface area contributed by atoms with Crippen molar-refractivity contribution >= 4 is 38.8 Å². The number of thioether (sulfide) groups is 1. The van der Waals surface area contributed by atoms with Gasteiger partial charge < -0.3 is 10.2 Å². The second-order valence-corrected chi connectivity index (χ2v) is 6.89. The quantitative estimate of drug-likeness (QED) is 0.832. The second kappa shape index (κ2) is 7.84. The fourth-order valence-corrected chi connectivity index (χ4v) is 3.36. The van der Waals surface area contributed by atoms with Crippen molar-refractivity contribution in [1.29, 1.82) is 0 Å². The highest BCUT2D eigenvalue weighted by molar-refractivity contribution is 9.10. The van der Waals surface area contributed by atoms with Crippen LogP contribution in [0.4, 0.5) is 4.79 Å². The molecule has 1 aromatic rings. The Balaban J connectivity index is 1.84. The van der Waals surface area contributed by atoms with E-state index in [-0.39, 0.29) is 17.2 Å². The maximum Gasteiger partial charge on any atom is 0.281 e. The average molecular weight is 371 g/mol. The van der Waals surface area contributed by atoms with Crippen molar-refractivity contribution in [2.45, 2.75) is 25.8 Å². The van der Waals surface area contributed by atoms with E-state index in [2.05, 4.69) is 21.2 Å². The molecule has 0 radical (unpaired) electrons. The first-order valence-electron chi connectivity index (χ1n) is 7.06. The Morgan fingerprint density at radius 2 is 2.14 bits per heavy atom. The minimum atomic E-state index is -0.00512. The van der Waals surface area contributed by atoms with Gasteiger partial charge in [-0.2, -0.15) is 0 Å². The molecular weight excluding hydrogens is 352 g/mol. The van der Waals surface area contributed by atoms with E-state index < -0.39 is 0 Å². The summed E-state index contributed by atoms with van der Waals surface area (Å²) >= 11 is 4.73. The summed E-state index contributed by atoms with van der Waals surface area (Å²) in [6.07, 6.45) is 1.20. The molecule has 1 aliphatic heterocycles. The number of carbonyl (C=O) groups excluding carboxylic acids is 2. The first-order chi connectivity index (χ1) is 10.1. The molecule has 114 valence electrons. The lowest BCUT2D eigenvalue weighted by Gasteiger charge is -2.19. The molecule has 1 fully saturated rings. The van der Waals surface area contributed by atoms with Crippen molar-refractivity contribution in [2.75, 3.05) is 18.8 Å². The summed E-state index contributed by atoms with van der Waals surface area (Å²) in [5, 5.41) is 3.13. The van der Waals surface area contributed by atoms with Crippen LogP contribution in [0.15, 0.2) is 28.7 Å². The Morgan fingerprint density at radius 3 is 2.71 bits per heavy atom. The van der Waals surface area contributed by atoms with Crippen molar-refractivity contribution in [2.24, 2.45) is 0 Å². The maximum atomic E-state index is 12.1. The molecule has 0 bridgehead atoms. The number of nitrogens with zero attached hydrogens (tertiary/aromatic N) is 1. The van der Waals surface area contributed by atoms with Gasteiger partial charge in [0.15, 0.2) is 0 Å². The monoisotopic (exact) mass is 370 g/mol. The molecule has 1 heterocycles. The van der Waals surface area contributed by atoms with Crippen LogP contribution in [-0.4, -0.2) is 34.9 Å². The van der Waals surface area contributed by atoms with Crippen molar-refractivity contribution in [3.8, 4) is 0 Å². The van der Waals surface area contributed by atoms with Crippen LogP contribution in [0.2, 0.25) is 0 Å². The summed E-state index contributed by atoms with van der Waals surface area (Å²) in [6.45, 7) is 3.31. The minimum Gasteiger partial charge on any atom is -0.349 e. The third kappa shape index (κ3) is 4.74. The molecule has 2 amide bonds. The van der Waals surface area contributed by atoms with Crippen LogP contribution in [0.5, 0.6) is 0 Å². The number of halogens is 1. The highest BCUT2D eigenvalue weighted by Gasteiger charge is 2.22. The van der Waals surface area contributed by atoms with Gasteiger partial charge in [-0.25, -0.2) is 0 Å². The van der Waals surface area contributed by atoms with E-state index in [4.69, 9.17) is 0 Å². The first kappa shape index (κ1) is 16.4. The van der Waals surface area contributed by atoms with Crippen LogP contribution in [0, 0.1) is 0 Å². The van der Waals surface area contributed by atoms with Gasteiger partial charge in [-0.3, -0.25) is 9.59 Å². The molecule has 2 rings (SSSR count). The number of hydrogen-bond acceptors (Lipinski definition) is 3. The molecule has 1 saturated heterocycles. The van der Waals surface area contributed by atoms with Crippen LogP contribution < -0.4 is 5.32 Å². The highest BCUT2D eigenvalue weighted by Crippen LogP contribution is 2.20. The van der Waals surface area contributed by atoms with Crippen molar-refractivity contribution in [1.82, 2.24) is 10.2 Å². The number of amides is 2. The van der Waals surface area contributed by atoms with Gasteiger partial charge in [-0.05, 0) is 24.1 Å². The normalized spacial score (nSPS) is 16.1. The van der Waals surface area contributed by atoms with E-state index in [1.807, 2.05) is 31.2 Å². The lowest BCUT2D eigenvalue weighted by molar-refractivity contribution is -0.122. The summed E-state index contributed by atoms with van der Waals surface area (Å²) in [4.78, 5) is 25.3. The smallest absolute Gasteiger partial charge is 0.281 e. The van der Waals surface area contributed by atoms with Crippen LogP contribution in [0.1, 0.15) is 31.4 Å². The lowest BCUT2D eigenvalue weighted by Crippen LogP contribution is -2.33. The zero-order valence-corrected chi connectivity index (χ0v) is 14.4. The van der Waals surface area contributed by atoms with E-state index >= 15 is 0 Å². The molecular formula is C15H19BrN2O2S. The van der Waals surface area contributed by atoms with E-state index in [0.29, 0.717) is 13.0 Å². The maximum absolute atomic E-state index is 12.1.